The summed E-state index contributed by atoms with van der Waals surface area (Å²) in [7, 11) is 1.43. The molecular weight excluding hydrogens is 477 g/mol. The Morgan fingerprint density at radius 1 is 1.32 bits per heavy atom. The third kappa shape index (κ3) is 6.63. The molecule has 2 aromatic rings. The molecule has 1 fully saturated rings. The number of carboxylic acid groups (broad SMARTS) is 1. The molecule has 0 aliphatic heterocycles. The molecule has 1 aliphatic carbocycles. The van der Waals surface area contributed by atoms with Crippen molar-refractivity contribution in [2.75, 3.05) is 19.0 Å². The number of benzene rings is 1. The van der Waals surface area contributed by atoms with Gasteiger partial charge >= 0.3 is 12.0 Å². The van der Waals surface area contributed by atoms with E-state index in [1.807, 2.05) is 0 Å². The number of carbonyl (C=O) groups is 2. The van der Waals surface area contributed by atoms with E-state index >= 15 is 0 Å². The Balaban J connectivity index is 1.72. The molecule has 2 N–H and O–H groups in total. The highest BCUT2D eigenvalue weighted by Gasteiger charge is 2.31. The van der Waals surface area contributed by atoms with Gasteiger partial charge in [-0.25, -0.2) is 14.2 Å². The number of carboxylic acids is 1. The van der Waals surface area contributed by atoms with Gasteiger partial charge < -0.3 is 14.7 Å². The summed E-state index contributed by atoms with van der Waals surface area (Å²) in [5, 5.41) is 12.6. The van der Waals surface area contributed by atoms with Crippen LogP contribution in [0.1, 0.15) is 52.0 Å². The first-order chi connectivity index (χ1) is 16.1. The molecule has 1 saturated carbocycles. The molecule has 0 bridgehead atoms. The van der Waals surface area contributed by atoms with Crippen LogP contribution in [-0.2, 0) is 11.2 Å². The van der Waals surface area contributed by atoms with E-state index in [1.54, 1.807) is 43.1 Å². The highest BCUT2D eigenvalue weighted by Crippen LogP contribution is 2.37. The smallest absolute Gasteiger partial charge is 0.323 e. The molecule has 0 saturated heterocycles. The van der Waals surface area contributed by atoms with Gasteiger partial charge in [0.1, 0.15) is 4.75 Å². The van der Waals surface area contributed by atoms with Crippen molar-refractivity contribution in [3.05, 3.63) is 35.8 Å². The topological polar surface area (TPSA) is 91.8 Å². The summed E-state index contributed by atoms with van der Waals surface area (Å²) in [6, 6.07) is 4.84. The molecule has 10 heteroatoms. The first kappa shape index (κ1) is 26.3. The van der Waals surface area contributed by atoms with Crippen molar-refractivity contribution in [3.63, 3.8) is 0 Å². The molecule has 34 heavy (non-hydrogen) atoms. The van der Waals surface area contributed by atoms with Crippen LogP contribution in [0.3, 0.4) is 0 Å². The third-order valence-electron chi connectivity index (χ3n) is 6.14. The maximum absolute atomic E-state index is 14.7. The minimum Gasteiger partial charge on any atom is -0.494 e. The van der Waals surface area contributed by atoms with Gasteiger partial charge in [-0.3, -0.25) is 10.1 Å². The number of rotatable bonds is 9. The summed E-state index contributed by atoms with van der Waals surface area (Å²) in [6.07, 6.45) is 5.85. The fourth-order valence-corrected chi connectivity index (χ4v) is 6.24. The minimum absolute atomic E-state index is 0.0737. The van der Waals surface area contributed by atoms with Gasteiger partial charge in [-0.1, -0.05) is 42.2 Å². The number of halogens is 1. The number of aliphatic carboxylic acids is 1. The molecule has 0 radical (unpaired) electrons. The maximum Gasteiger partial charge on any atom is 0.323 e. The highest BCUT2D eigenvalue weighted by molar-refractivity contribution is 8.03. The van der Waals surface area contributed by atoms with Crippen molar-refractivity contribution < 1.29 is 23.8 Å². The SMILES string of the molecule is COc1cccc(CCN(C(=O)Nc2ncc(SC(C)(C)C(=O)O)s2)C2CCC(C)CC2)c1F. The second kappa shape index (κ2) is 11.4. The number of ether oxygens (including phenoxy) is 1. The van der Waals surface area contributed by atoms with Crippen molar-refractivity contribution in [2.45, 2.75) is 67.9 Å². The summed E-state index contributed by atoms with van der Waals surface area (Å²) in [6.45, 7) is 5.84. The van der Waals surface area contributed by atoms with Gasteiger partial charge in [0.05, 0.1) is 17.5 Å². The van der Waals surface area contributed by atoms with Gasteiger partial charge in [0.15, 0.2) is 16.7 Å². The Morgan fingerprint density at radius 3 is 2.68 bits per heavy atom. The van der Waals surface area contributed by atoms with Gasteiger partial charge in [0.2, 0.25) is 0 Å². The number of thioether (sulfide) groups is 1. The lowest BCUT2D eigenvalue weighted by molar-refractivity contribution is -0.138. The number of aromatic nitrogens is 1. The lowest BCUT2D eigenvalue weighted by Crippen LogP contribution is -2.45. The van der Waals surface area contributed by atoms with Crippen LogP contribution in [-0.4, -0.2) is 51.4 Å². The number of urea groups is 1. The Kier molecular flexibility index (Phi) is 8.81. The van der Waals surface area contributed by atoms with Crippen LogP contribution in [0.15, 0.2) is 28.6 Å². The zero-order chi connectivity index (χ0) is 24.9. The monoisotopic (exact) mass is 509 g/mol. The molecule has 1 aromatic heterocycles. The number of amides is 2. The van der Waals surface area contributed by atoms with E-state index < -0.39 is 16.5 Å². The lowest BCUT2D eigenvalue weighted by atomic mass is 9.86. The number of hydrogen-bond acceptors (Lipinski definition) is 6. The average Bonchev–Trinajstić information content (AvgIpc) is 3.21. The largest absolute Gasteiger partial charge is 0.494 e. The number of methoxy groups -OCH3 is 1. The Morgan fingerprint density at radius 2 is 2.03 bits per heavy atom. The van der Waals surface area contributed by atoms with E-state index in [0.717, 1.165) is 25.7 Å². The molecular formula is C24H32FN3O4S2. The van der Waals surface area contributed by atoms with E-state index in [4.69, 9.17) is 4.74 Å². The molecule has 1 aliphatic rings. The van der Waals surface area contributed by atoms with Gasteiger partial charge in [0.25, 0.3) is 0 Å². The minimum atomic E-state index is -1.00. The number of nitrogens with zero attached hydrogens (tertiary/aromatic N) is 2. The fraction of sp³-hybridized carbons (Fsp3) is 0.542. The van der Waals surface area contributed by atoms with Crippen molar-refractivity contribution in [1.29, 1.82) is 0 Å². The van der Waals surface area contributed by atoms with E-state index in [1.165, 1.54) is 30.2 Å². The van der Waals surface area contributed by atoms with Gasteiger partial charge in [-0.2, -0.15) is 0 Å². The first-order valence-electron chi connectivity index (χ1n) is 11.4. The van der Waals surface area contributed by atoms with Crippen LogP contribution in [0.25, 0.3) is 0 Å². The zero-order valence-electron chi connectivity index (χ0n) is 20.0. The van der Waals surface area contributed by atoms with Gasteiger partial charge in [0, 0.05) is 12.6 Å². The van der Waals surface area contributed by atoms with Crippen LogP contribution in [0.2, 0.25) is 0 Å². The van der Waals surface area contributed by atoms with E-state index in [9.17, 15) is 19.1 Å². The lowest BCUT2D eigenvalue weighted by Gasteiger charge is -2.36. The van der Waals surface area contributed by atoms with Crippen LogP contribution >= 0.6 is 23.1 Å². The third-order valence-corrected chi connectivity index (χ3v) is 8.34. The second-order valence-electron chi connectivity index (χ2n) is 9.12. The predicted octanol–water partition coefficient (Wildman–Crippen LogP) is 5.90. The second-order valence-corrected chi connectivity index (χ2v) is 12.1. The predicted molar refractivity (Wildman–Crippen MR) is 133 cm³/mol. The molecule has 0 atom stereocenters. The van der Waals surface area contributed by atoms with Crippen LogP contribution in [0.5, 0.6) is 5.75 Å². The first-order valence-corrected chi connectivity index (χ1v) is 13.0. The van der Waals surface area contributed by atoms with E-state index in [-0.39, 0.29) is 17.8 Å². The number of anilines is 1. The van der Waals surface area contributed by atoms with Crippen molar-refractivity contribution in [3.8, 4) is 5.75 Å². The van der Waals surface area contributed by atoms with Crippen molar-refractivity contribution in [2.24, 2.45) is 5.92 Å². The van der Waals surface area contributed by atoms with Gasteiger partial charge in [-0.05, 0) is 63.5 Å². The normalized spacial score (nSPS) is 18.4. The number of hydrogen-bond donors (Lipinski definition) is 2. The Labute approximate surface area is 208 Å². The molecule has 186 valence electrons. The summed E-state index contributed by atoms with van der Waals surface area (Å²) in [5.41, 5.74) is 0.505. The maximum atomic E-state index is 14.7. The molecule has 7 nitrogen and oxygen atoms in total. The molecule has 1 aromatic carbocycles. The molecule has 1 heterocycles. The molecule has 0 unspecified atom stereocenters. The quantitative estimate of drug-likeness (QED) is 0.409. The number of carbonyl (C=O) groups excluding carboxylic acids is 1. The van der Waals surface area contributed by atoms with Crippen LogP contribution < -0.4 is 10.1 Å². The zero-order valence-corrected chi connectivity index (χ0v) is 21.6. The van der Waals surface area contributed by atoms with Gasteiger partial charge in [-0.15, -0.1) is 0 Å². The molecule has 0 spiro atoms. The average molecular weight is 510 g/mol. The van der Waals surface area contributed by atoms with Crippen LogP contribution in [0.4, 0.5) is 14.3 Å². The molecule has 3 rings (SSSR count). The summed E-state index contributed by atoms with van der Waals surface area (Å²) in [4.78, 5) is 30.7. The van der Waals surface area contributed by atoms with Crippen molar-refractivity contribution >= 4 is 40.2 Å². The summed E-state index contributed by atoms with van der Waals surface area (Å²) in [5.74, 6) is -0.491. The standard InChI is InChI=1S/C24H32FN3O4S2/c1-15-8-10-17(11-9-15)28(13-12-16-6-5-7-18(32-4)20(16)25)23(31)27-22-26-14-19(33-22)34-24(2,3)21(29)30/h5-7,14-15,17H,8-13H2,1-4H3,(H,29,30)(H,26,27,31). The Hall–Kier alpha value is -2.33. The van der Waals surface area contributed by atoms with E-state index in [2.05, 4.69) is 17.2 Å². The van der Waals surface area contributed by atoms with E-state index in [0.29, 0.717) is 33.8 Å². The highest BCUT2D eigenvalue weighted by atomic mass is 32.2. The van der Waals surface area contributed by atoms with Crippen LogP contribution in [0, 0.1) is 11.7 Å². The Bertz CT molecular complexity index is 1010. The number of nitrogens with one attached hydrogen (secondary N) is 1. The number of thiazole rings is 1. The molecule has 2 amide bonds. The fourth-order valence-electron chi connectivity index (χ4n) is 3.97. The summed E-state index contributed by atoms with van der Waals surface area (Å²) < 4.78 is 19.5. The van der Waals surface area contributed by atoms with Crippen molar-refractivity contribution in [1.82, 2.24) is 9.88 Å². The summed E-state index contributed by atoms with van der Waals surface area (Å²) >= 11 is 2.43.